The van der Waals surface area contributed by atoms with Gasteiger partial charge in [-0.3, -0.25) is 4.90 Å². The standard InChI is InChI=1S/C16H23BrN2O/c1-3-5-15(19-10-8-18-9-11-19)14-12-13(17)6-7-16(14)20-4-2/h3,6-7,12,15,18H,1,4-5,8-11H2,2H3/t15-/m0/s1. The van der Waals surface area contributed by atoms with Gasteiger partial charge in [0.2, 0.25) is 0 Å². The van der Waals surface area contributed by atoms with Crippen LogP contribution >= 0.6 is 15.9 Å². The highest BCUT2D eigenvalue weighted by atomic mass is 79.9. The number of nitrogens with zero attached hydrogens (tertiary/aromatic N) is 1. The van der Waals surface area contributed by atoms with E-state index in [0.29, 0.717) is 12.6 Å². The van der Waals surface area contributed by atoms with E-state index in [1.165, 1.54) is 5.56 Å². The predicted octanol–water partition coefficient (Wildman–Crippen LogP) is 3.37. The normalized spacial score (nSPS) is 17.7. The molecule has 1 aliphatic rings. The Morgan fingerprint density at radius 1 is 1.45 bits per heavy atom. The molecule has 1 fully saturated rings. The van der Waals surface area contributed by atoms with Gasteiger partial charge in [0, 0.05) is 42.3 Å². The van der Waals surface area contributed by atoms with Crippen molar-refractivity contribution in [1.29, 1.82) is 0 Å². The smallest absolute Gasteiger partial charge is 0.124 e. The average molecular weight is 339 g/mol. The van der Waals surface area contributed by atoms with E-state index in [4.69, 9.17) is 4.74 Å². The lowest BCUT2D eigenvalue weighted by Crippen LogP contribution is -2.45. The van der Waals surface area contributed by atoms with Gasteiger partial charge in [-0.25, -0.2) is 0 Å². The van der Waals surface area contributed by atoms with Crippen molar-refractivity contribution < 1.29 is 4.74 Å². The number of hydrogen-bond donors (Lipinski definition) is 1. The van der Waals surface area contributed by atoms with Crippen molar-refractivity contribution in [3.8, 4) is 5.75 Å². The molecule has 0 aliphatic carbocycles. The van der Waals surface area contributed by atoms with Crippen molar-refractivity contribution in [2.45, 2.75) is 19.4 Å². The Balaban J connectivity index is 2.31. The van der Waals surface area contributed by atoms with Crippen molar-refractivity contribution in [2.24, 2.45) is 0 Å². The molecular formula is C16H23BrN2O. The summed E-state index contributed by atoms with van der Waals surface area (Å²) in [7, 11) is 0. The Labute approximate surface area is 130 Å². The van der Waals surface area contributed by atoms with E-state index < -0.39 is 0 Å². The summed E-state index contributed by atoms with van der Waals surface area (Å²) in [6.45, 7) is 10.9. The average Bonchev–Trinajstić information content (AvgIpc) is 2.48. The van der Waals surface area contributed by atoms with Gasteiger partial charge in [0.1, 0.15) is 5.75 Å². The minimum absolute atomic E-state index is 0.341. The van der Waals surface area contributed by atoms with Crippen LogP contribution in [0.3, 0.4) is 0 Å². The summed E-state index contributed by atoms with van der Waals surface area (Å²) in [6.07, 6.45) is 2.94. The molecule has 1 heterocycles. The molecule has 0 aromatic heterocycles. The predicted molar refractivity (Wildman–Crippen MR) is 87.3 cm³/mol. The van der Waals surface area contributed by atoms with E-state index in [-0.39, 0.29) is 0 Å². The quantitative estimate of drug-likeness (QED) is 0.805. The second-order valence-corrected chi connectivity index (χ2v) is 5.86. The number of halogens is 1. The molecule has 0 spiro atoms. The number of ether oxygens (including phenoxy) is 1. The van der Waals surface area contributed by atoms with Crippen molar-refractivity contribution in [3.05, 3.63) is 40.9 Å². The Morgan fingerprint density at radius 2 is 2.20 bits per heavy atom. The van der Waals surface area contributed by atoms with Crippen LogP contribution in [0.1, 0.15) is 24.9 Å². The topological polar surface area (TPSA) is 24.5 Å². The number of hydrogen-bond acceptors (Lipinski definition) is 3. The molecule has 0 unspecified atom stereocenters. The molecular weight excluding hydrogens is 316 g/mol. The first-order valence-electron chi connectivity index (χ1n) is 7.24. The van der Waals surface area contributed by atoms with Gasteiger partial charge < -0.3 is 10.1 Å². The SMILES string of the molecule is C=CC[C@@H](c1cc(Br)ccc1OCC)N1CCNCC1. The molecule has 1 aromatic rings. The highest BCUT2D eigenvalue weighted by molar-refractivity contribution is 9.10. The van der Waals surface area contributed by atoms with Crippen LogP contribution in [0.25, 0.3) is 0 Å². The first kappa shape index (κ1) is 15.5. The molecule has 1 N–H and O–H groups in total. The van der Waals surface area contributed by atoms with Crippen LogP contribution in [0.2, 0.25) is 0 Å². The molecule has 4 heteroatoms. The number of rotatable bonds is 6. The third-order valence-electron chi connectivity index (χ3n) is 3.61. The number of nitrogens with one attached hydrogen (secondary N) is 1. The molecule has 1 aliphatic heterocycles. The monoisotopic (exact) mass is 338 g/mol. The molecule has 2 rings (SSSR count). The van der Waals surface area contributed by atoms with E-state index in [1.54, 1.807) is 0 Å². The van der Waals surface area contributed by atoms with Crippen LogP contribution in [0.4, 0.5) is 0 Å². The lowest BCUT2D eigenvalue weighted by atomic mass is 10.00. The molecule has 0 radical (unpaired) electrons. The third kappa shape index (κ3) is 3.84. The summed E-state index contributed by atoms with van der Waals surface area (Å²) < 4.78 is 6.91. The summed E-state index contributed by atoms with van der Waals surface area (Å²) in [5.74, 6) is 0.987. The van der Waals surface area contributed by atoms with Gasteiger partial charge in [-0.2, -0.15) is 0 Å². The zero-order chi connectivity index (χ0) is 14.4. The summed E-state index contributed by atoms with van der Waals surface area (Å²) in [5.41, 5.74) is 1.25. The highest BCUT2D eigenvalue weighted by Crippen LogP contribution is 2.34. The maximum atomic E-state index is 5.81. The second-order valence-electron chi connectivity index (χ2n) is 4.94. The zero-order valence-electron chi connectivity index (χ0n) is 12.1. The maximum Gasteiger partial charge on any atom is 0.124 e. The van der Waals surface area contributed by atoms with Gasteiger partial charge in [0.25, 0.3) is 0 Å². The zero-order valence-corrected chi connectivity index (χ0v) is 13.7. The fourth-order valence-corrected chi connectivity index (χ4v) is 3.07. The minimum Gasteiger partial charge on any atom is -0.494 e. The van der Waals surface area contributed by atoms with Gasteiger partial charge in [0.15, 0.2) is 0 Å². The van der Waals surface area contributed by atoms with Gasteiger partial charge in [0.05, 0.1) is 6.61 Å². The van der Waals surface area contributed by atoms with E-state index in [9.17, 15) is 0 Å². The summed E-state index contributed by atoms with van der Waals surface area (Å²) in [5, 5.41) is 3.41. The summed E-state index contributed by atoms with van der Waals surface area (Å²) in [4.78, 5) is 2.52. The van der Waals surface area contributed by atoms with Gasteiger partial charge >= 0.3 is 0 Å². The Hall–Kier alpha value is -0.840. The summed E-state index contributed by atoms with van der Waals surface area (Å²) in [6, 6.07) is 6.62. The van der Waals surface area contributed by atoms with Gasteiger partial charge in [-0.05, 0) is 31.5 Å². The Morgan fingerprint density at radius 3 is 2.85 bits per heavy atom. The largest absolute Gasteiger partial charge is 0.494 e. The van der Waals surface area contributed by atoms with E-state index in [1.807, 2.05) is 19.1 Å². The Kier molecular flexibility index (Phi) is 6.07. The van der Waals surface area contributed by atoms with Crippen molar-refractivity contribution >= 4 is 15.9 Å². The van der Waals surface area contributed by atoms with Gasteiger partial charge in [-0.15, -0.1) is 6.58 Å². The van der Waals surface area contributed by atoms with E-state index in [0.717, 1.165) is 42.8 Å². The molecule has 1 aromatic carbocycles. The van der Waals surface area contributed by atoms with E-state index in [2.05, 4.69) is 44.9 Å². The fourth-order valence-electron chi connectivity index (χ4n) is 2.69. The fraction of sp³-hybridized carbons (Fsp3) is 0.500. The van der Waals surface area contributed by atoms with Crippen LogP contribution < -0.4 is 10.1 Å². The van der Waals surface area contributed by atoms with Crippen LogP contribution in [0.15, 0.2) is 35.3 Å². The van der Waals surface area contributed by atoms with Crippen LogP contribution in [-0.4, -0.2) is 37.7 Å². The Bertz CT molecular complexity index is 444. The molecule has 0 amide bonds. The van der Waals surface area contributed by atoms with Crippen molar-refractivity contribution in [3.63, 3.8) is 0 Å². The molecule has 0 bridgehead atoms. The molecule has 110 valence electrons. The molecule has 1 atom stereocenters. The van der Waals surface area contributed by atoms with Crippen LogP contribution in [-0.2, 0) is 0 Å². The summed E-state index contributed by atoms with van der Waals surface area (Å²) >= 11 is 3.58. The molecule has 0 saturated carbocycles. The van der Waals surface area contributed by atoms with Crippen LogP contribution in [0, 0.1) is 0 Å². The van der Waals surface area contributed by atoms with Gasteiger partial charge in [-0.1, -0.05) is 22.0 Å². The first-order valence-corrected chi connectivity index (χ1v) is 8.03. The third-order valence-corrected chi connectivity index (χ3v) is 4.11. The molecule has 20 heavy (non-hydrogen) atoms. The van der Waals surface area contributed by atoms with Crippen LogP contribution in [0.5, 0.6) is 5.75 Å². The lowest BCUT2D eigenvalue weighted by molar-refractivity contribution is 0.170. The van der Waals surface area contributed by atoms with Crippen molar-refractivity contribution in [2.75, 3.05) is 32.8 Å². The minimum atomic E-state index is 0.341. The lowest BCUT2D eigenvalue weighted by Gasteiger charge is -2.35. The maximum absolute atomic E-state index is 5.81. The molecule has 1 saturated heterocycles. The first-order chi connectivity index (χ1) is 9.76. The van der Waals surface area contributed by atoms with Crippen molar-refractivity contribution in [1.82, 2.24) is 10.2 Å². The number of piperazine rings is 1. The van der Waals surface area contributed by atoms with E-state index >= 15 is 0 Å². The second kappa shape index (κ2) is 7.81. The number of benzene rings is 1. The molecule has 3 nitrogen and oxygen atoms in total. The highest BCUT2D eigenvalue weighted by Gasteiger charge is 2.24.